The third-order valence-corrected chi connectivity index (χ3v) is 8.84. The van der Waals surface area contributed by atoms with Gasteiger partial charge in [-0.1, -0.05) is 38.1 Å². The summed E-state index contributed by atoms with van der Waals surface area (Å²) in [4.78, 5) is 24.1. The molecule has 1 fully saturated rings. The first-order valence-electron chi connectivity index (χ1n) is 13.4. The van der Waals surface area contributed by atoms with Crippen LogP contribution in [0.15, 0.2) is 77.2 Å². The summed E-state index contributed by atoms with van der Waals surface area (Å²) in [6.45, 7) is 7.89. The molecule has 1 aromatic heterocycles. The number of allylic oxidation sites excluding steroid dienone is 1. The second-order valence-electron chi connectivity index (χ2n) is 11.0. The molecule has 1 aliphatic carbocycles. The molecule has 1 amide bonds. The lowest BCUT2D eigenvalue weighted by atomic mass is 9.63. The minimum Gasteiger partial charge on any atom is -0.338 e. The van der Waals surface area contributed by atoms with E-state index in [2.05, 4.69) is 34.0 Å². The van der Waals surface area contributed by atoms with Gasteiger partial charge in [0.15, 0.2) is 5.82 Å². The normalized spacial score (nSPS) is 23.3. The van der Waals surface area contributed by atoms with Gasteiger partial charge in [0.05, 0.1) is 17.8 Å². The van der Waals surface area contributed by atoms with E-state index in [9.17, 15) is 13.6 Å². The molecule has 2 aliphatic rings. The average Bonchev–Trinajstić information content (AvgIpc) is 3.21. The predicted molar refractivity (Wildman–Crippen MR) is 147 cm³/mol. The number of halogens is 2. The van der Waals surface area contributed by atoms with Crippen molar-refractivity contribution in [1.29, 1.82) is 0 Å². The Kier molecular flexibility index (Phi) is 7.38. The van der Waals surface area contributed by atoms with Gasteiger partial charge in [-0.05, 0) is 67.9 Å². The molecule has 3 aromatic rings. The summed E-state index contributed by atoms with van der Waals surface area (Å²) in [6, 6.07) is 13.0. The van der Waals surface area contributed by atoms with E-state index in [4.69, 9.17) is 0 Å². The third-order valence-electron chi connectivity index (χ3n) is 8.84. The van der Waals surface area contributed by atoms with Crippen molar-refractivity contribution in [2.75, 3.05) is 19.6 Å². The standard InChI is InChI=1S/C31H33F2N5O/c1-4-38(29(39)22-11-9-21(10-12-22)28-34-17-6-18-35-28)20-31-16-15-23(30(31,2)3)13-14-26(37-36-19-31)27-24(32)7-5-8-25(27)33/h5-12,14,17-18,23H,4,13,15-16,19-20H2,1-3H3/b26-14-,37-36?/t23-,31-/m1/s1. The molecule has 5 rings (SSSR count). The Morgan fingerprint density at radius 1 is 1.03 bits per heavy atom. The van der Waals surface area contributed by atoms with Gasteiger partial charge >= 0.3 is 0 Å². The quantitative estimate of drug-likeness (QED) is 0.339. The van der Waals surface area contributed by atoms with E-state index < -0.39 is 11.6 Å². The molecule has 2 bridgehead atoms. The molecule has 0 unspecified atom stereocenters. The first-order valence-corrected chi connectivity index (χ1v) is 13.4. The Hall–Kier alpha value is -3.81. The Balaban J connectivity index is 1.40. The number of hydrogen-bond acceptors (Lipinski definition) is 5. The number of amides is 1. The Morgan fingerprint density at radius 2 is 1.72 bits per heavy atom. The van der Waals surface area contributed by atoms with Gasteiger partial charge in [-0.15, -0.1) is 0 Å². The van der Waals surface area contributed by atoms with Gasteiger partial charge in [-0.25, -0.2) is 18.7 Å². The molecule has 39 heavy (non-hydrogen) atoms. The predicted octanol–water partition coefficient (Wildman–Crippen LogP) is 7.20. The van der Waals surface area contributed by atoms with Crippen molar-refractivity contribution in [1.82, 2.24) is 14.9 Å². The number of nitrogens with zero attached hydrogens (tertiary/aromatic N) is 5. The second-order valence-corrected chi connectivity index (χ2v) is 11.0. The molecule has 0 radical (unpaired) electrons. The molecule has 2 heterocycles. The minimum atomic E-state index is -0.647. The van der Waals surface area contributed by atoms with E-state index in [1.807, 2.05) is 42.2 Å². The lowest BCUT2D eigenvalue weighted by Gasteiger charge is -2.45. The number of fused-ring (bicyclic) bond motifs is 2. The largest absolute Gasteiger partial charge is 0.338 e. The van der Waals surface area contributed by atoms with Gasteiger partial charge in [-0.2, -0.15) is 10.2 Å². The minimum absolute atomic E-state index is 0.0456. The lowest BCUT2D eigenvalue weighted by molar-refractivity contribution is 0.0313. The molecule has 2 aromatic carbocycles. The van der Waals surface area contributed by atoms with Crippen LogP contribution in [0.3, 0.4) is 0 Å². The van der Waals surface area contributed by atoms with Crippen molar-refractivity contribution in [3.63, 3.8) is 0 Å². The fraction of sp³-hybridized carbons (Fsp3) is 0.387. The number of rotatable bonds is 6. The van der Waals surface area contributed by atoms with E-state index in [1.54, 1.807) is 18.5 Å². The van der Waals surface area contributed by atoms with Gasteiger partial charge in [0.25, 0.3) is 5.91 Å². The number of carbonyl (C=O) groups is 1. The maximum Gasteiger partial charge on any atom is 0.253 e. The number of carbonyl (C=O) groups excluding carboxylic acids is 1. The molecule has 8 heteroatoms. The van der Waals surface area contributed by atoms with E-state index >= 15 is 0 Å². The van der Waals surface area contributed by atoms with Crippen LogP contribution < -0.4 is 0 Å². The molecule has 202 valence electrons. The first kappa shape index (κ1) is 26.8. The summed E-state index contributed by atoms with van der Waals surface area (Å²) in [5.74, 6) is -0.460. The van der Waals surface area contributed by atoms with Crippen molar-refractivity contribution < 1.29 is 13.6 Å². The summed E-state index contributed by atoms with van der Waals surface area (Å²) in [6.07, 6.45) is 7.68. The van der Waals surface area contributed by atoms with Crippen molar-refractivity contribution in [2.45, 2.75) is 40.0 Å². The first-order chi connectivity index (χ1) is 18.8. The SMILES string of the molecule is CCN(C[C@@]12CC[C@@H](C/C=C(/c3c(F)cccc3F)N=NC1)C2(C)C)C(=O)c1ccc(-c2ncccn2)cc1. The average molecular weight is 530 g/mol. The van der Waals surface area contributed by atoms with Crippen LogP contribution in [0.4, 0.5) is 8.78 Å². The zero-order valence-electron chi connectivity index (χ0n) is 22.6. The van der Waals surface area contributed by atoms with Gasteiger partial charge in [0.2, 0.25) is 0 Å². The monoisotopic (exact) mass is 529 g/mol. The molecule has 1 saturated carbocycles. The molecule has 0 N–H and O–H groups in total. The van der Waals surface area contributed by atoms with Crippen molar-refractivity contribution in [3.8, 4) is 11.4 Å². The van der Waals surface area contributed by atoms with Crippen LogP contribution in [-0.4, -0.2) is 40.4 Å². The highest BCUT2D eigenvalue weighted by atomic mass is 19.1. The number of azo groups is 1. The van der Waals surface area contributed by atoms with E-state index in [0.29, 0.717) is 37.4 Å². The second kappa shape index (κ2) is 10.8. The van der Waals surface area contributed by atoms with Crippen molar-refractivity contribution in [2.24, 2.45) is 27.0 Å². The zero-order chi connectivity index (χ0) is 27.6. The van der Waals surface area contributed by atoms with Crippen LogP contribution in [0.25, 0.3) is 17.1 Å². The summed E-state index contributed by atoms with van der Waals surface area (Å²) in [5, 5.41) is 8.84. The van der Waals surface area contributed by atoms with E-state index in [-0.39, 0.29) is 33.9 Å². The molecule has 2 atom stereocenters. The summed E-state index contributed by atoms with van der Waals surface area (Å²) in [5.41, 5.74) is 1.05. The fourth-order valence-corrected chi connectivity index (χ4v) is 6.12. The van der Waals surface area contributed by atoms with Crippen molar-refractivity contribution >= 4 is 11.6 Å². The highest BCUT2D eigenvalue weighted by Gasteiger charge is 2.55. The van der Waals surface area contributed by atoms with E-state index in [0.717, 1.165) is 18.4 Å². The zero-order valence-corrected chi connectivity index (χ0v) is 22.6. The molecule has 0 saturated heterocycles. The number of hydrogen-bond donors (Lipinski definition) is 0. The molecular weight excluding hydrogens is 496 g/mol. The third kappa shape index (κ3) is 5.00. The van der Waals surface area contributed by atoms with Crippen LogP contribution in [0.5, 0.6) is 0 Å². The topological polar surface area (TPSA) is 70.8 Å². The highest BCUT2D eigenvalue weighted by molar-refractivity contribution is 5.94. The van der Waals surface area contributed by atoms with Gasteiger partial charge in [0, 0.05) is 42.0 Å². The van der Waals surface area contributed by atoms with Crippen molar-refractivity contribution in [3.05, 3.63) is 89.8 Å². The number of benzene rings is 2. The van der Waals surface area contributed by atoms with Gasteiger partial charge in [0.1, 0.15) is 11.6 Å². The maximum absolute atomic E-state index is 14.5. The highest BCUT2D eigenvalue weighted by Crippen LogP contribution is 2.58. The molecule has 6 nitrogen and oxygen atoms in total. The van der Waals surface area contributed by atoms with Gasteiger partial charge in [-0.3, -0.25) is 4.79 Å². The fourth-order valence-electron chi connectivity index (χ4n) is 6.12. The smallest absolute Gasteiger partial charge is 0.253 e. The van der Waals surface area contributed by atoms with Crippen LogP contribution >= 0.6 is 0 Å². The Bertz CT molecular complexity index is 1380. The molecular formula is C31H33F2N5O. The Morgan fingerprint density at radius 3 is 2.38 bits per heavy atom. The van der Waals surface area contributed by atoms with E-state index in [1.165, 1.54) is 18.2 Å². The Labute approximate surface area is 227 Å². The van der Waals surface area contributed by atoms with Crippen LogP contribution in [-0.2, 0) is 0 Å². The molecule has 1 aliphatic heterocycles. The van der Waals surface area contributed by atoms with Crippen LogP contribution in [0.2, 0.25) is 0 Å². The van der Waals surface area contributed by atoms with Crippen LogP contribution in [0, 0.1) is 28.4 Å². The van der Waals surface area contributed by atoms with Gasteiger partial charge < -0.3 is 4.90 Å². The summed E-state index contributed by atoms with van der Waals surface area (Å²) in [7, 11) is 0. The number of aromatic nitrogens is 2. The molecule has 0 spiro atoms. The summed E-state index contributed by atoms with van der Waals surface area (Å²) < 4.78 is 29.1. The maximum atomic E-state index is 14.5. The lowest BCUT2D eigenvalue weighted by Crippen LogP contribution is -2.49. The summed E-state index contributed by atoms with van der Waals surface area (Å²) >= 11 is 0. The van der Waals surface area contributed by atoms with Crippen LogP contribution in [0.1, 0.15) is 56.0 Å².